The lowest BCUT2D eigenvalue weighted by molar-refractivity contribution is -0.161. The van der Waals surface area contributed by atoms with Crippen LogP contribution in [-0.4, -0.2) is 49.3 Å². The van der Waals surface area contributed by atoms with Crippen LogP contribution < -0.4 is 5.73 Å². The van der Waals surface area contributed by atoms with Crippen LogP contribution in [-0.2, 0) is 32.7 Å². The average molecular weight is 934 g/mol. The maximum absolute atomic E-state index is 12.7. The highest BCUT2D eigenvalue weighted by atomic mass is 31.2. The van der Waals surface area contributed by atoms with E-state index in [0.29, 0.717) is 12.8 Å². The van der Waals surface area contributed by atoms with E-state index in [0.717, 1.165) is 77.0 Å². The number of rotatable bonds is 50. The molecule has 0 saturated heterocycles. The minimum absolute atomic E-state index is 0.0502. The van der Waals surface area contributed by atoms with Crippen LogP contribution in [0.5, 0.6) is 0 Å². The zero-order valence-corrected chi connectivity index (χ0v) is 42.9. The Balaban J connectivity index is 3.92. The predicted molar refractivity (Wildman–Crippen MR) is 275 cm³/mol. The van der Waals surface area contributed by atoms with Gasteiger partial charge in [0.1, 0.15) is 6.61 Å². The number of phosphoric ester groups is 1. The molecule has 9 nitrogen and oxygen atoms in total. The molecule has 0 amide bonds. The first-order chi connectivity index (χ1) is 31.8. The van der Waals surface area contributed by atoms with Crippen molar-refractivity contribution in [1.29, 1.82) is 0 Å². The standard InChI is InChI=1S/C55H100NO8P/c1-3-5-7-9-11-13-15-17-18-19-20-21-22-23-24-25-26-27-28-29-30-31-32-33-34-36-38-40-42-44-46-48-55(58)64-53(52-63-65(59,60)62-50-49-56)51-61-54(57)47-45-43-41-39-37-35-16-14-12-10-8-6-4-2/h8,10,14-17,19-20,22-23,53H,3-7,9,11-13,18,21,24-52,56H2,1-2H3,(H,59,60)/b10-8-,16-14-,17-15-,20-19-,23-22-. The normalized spacial score (nSPS) is 13.6. The van der Waals surface area contributed by atoms with Crippen molar-refractivity contribution < 1.29 is 37.6 Å². The van der Waals surface area contributed by atoms with Crippen LogP contribution in [0.3, 0.4) is 0 Å². The average Bonchev–Trinajstić information content (AvgIpc) is 3.30. The van der Waals surface area contributed by atoms with Crippen molar-refractivity contribution in [2.45, 2.75) is 251 Å². The van der Waals surface area contributed by atoms with Gasteiger partial charge >= 0.3 is 19.8 Å². The summed E-state index contributed by atoms with van der Waals surface area (Å²) in [5.41, 5.74) is 5.36. The van der Waals surface area contributed by atoms with Crippen molar-refractivity contribution in [3.63, 3.8) is 0 Å². The van der Waals surface area contributed by atoms with E-state index in [1.807, 2.05) is 0 Å². The maximum atomic E-state index is 12.7. The Hall–Kier alpha value is -2.29. The number of hydrogen-bond donors (Lipinski definition) is 2. The Bertz CT molecular complexity index is 1250. The van der Waals surface area contributed by atoms with E-state index in [9.17, 15) is 19.0 Å². The number of ether oxygens (including phenoxy) is 2. The molecule has 0 aromatic heterocycles. The molecule has 0 radical (unpaired) electrons. The Morgan fingerprint density at radius 3 is 1.25 bits per heavy atom. The van der Waals surface area contributed by atoms with Crippen LogP contribution in [0, 0.1) is 0 Å². The molecule has 0 bridgehead atoms. The first-order valence-electron chi connectivity index (χ1n) is 26.8. The summed E-state index contributed by atoms with van der Waals surface area (Å²) in [4.78, 5) is 35.0. The molecular weight excluding hydrogens is 834 g/mol. The van der Waals surface area contributed by atoms with Crippen molar-refractivity contribution in [3.05, 3.63) is 60.8 Å². The van der Waals surface area contributed by atoms with Crippen LogP contribution in [0.1, 0.15) is 245 Å². The molecule has 0 spiro atoms. The van der Waals surface area contributed by atoms with Gasteiger partial charge in [0.15, 0.2) is 6.10 Å². The van der Waals surface area contributed by atoms with E-state index in [1.165, 1.54) is 128 Å². The monoisotopic (exact) mass is 934 g/mol. The lowest BCUT2D eigenvalue weighted by Crippen LogP contribution is -2.29. The zero-order valence-electron chi connectivity index (χ0n) is 42.0. The third-order valence-electron chi connectivity index (χ3n) is 11.4. The first-order valence-corrected chi connectivity index (χ1v) is 28.3. The summed E-state index contributed by atoms with van der Waals surface area (Å²) in [7, 11) is -4.39. The Morgan fingerprint density at radius 1 is 0.462 bits per heavy atom. The van der Waals surface area contributed by atoms with Crippen molar-refractivity contribution >= 4 is 19.8 Å². The molecule has 2 atom stereocenters. The molecule has 10 heteroatoms. The summed E-state index contributed by atoms with van der Waals surface area (Å²) in [6.07, 6.45) is 62.8. The van der Waals surface area contributed by atoms with E-state index < -0.39 is 32.5 Å². The van der Waals surface area contributed by atoms with Crippen molar-refractivity contribution in [2.75, 3.05) is 26.4 Å². The van der Waals surface area contributed by atoms with Crippen LogP contribution in [0.15, 0.2) is 60.8 Å². The van der Waals surface area contributed by atoms with Crippen molar-refractivity contribution in [1.82, 2.24) is 0 Å². The summed E-state index contributed by atoms with van der Waals surface area (Å²) >= 11 is 0. The van der Waals surface area contributed by atoms with Gasteiger partial charge in [-0.2, -0.15) is 0 Å². The van der Waals surface area contributed by atoms with E-state index in [2.05, 4.69) is 74.6 Å². The number of allylic oxidation sites excluding steroid dienone is 10. The van der Waals surface area contributed by atoms with Gasteiger partial charge in [-0.15, -0.1) is 0 Å². The summed E-state index contributed by atoms with van der Waals surface area (Å²) in [5.74, 6) is -0.841. The maximum Gasteiger partial charge on any atom is 0.472 e. The minimum Gasteiger partial charge on any atom is -0.462 e. The molecule has 0 aliphatic rings. The van der Waals surface area contributed by atoms with Gasteiger partial charge in [0.25, 0.3) is 0 Å². The van der Waals surface area contributed by atoms with E-state index in [1.54, 1.807) is 0 Å². The van der Waals surface area contributed by atoms with Crippen LogP contribution in [0.4, 0.5) is 0 Å². The molecule has 2 unspecified atom stereocenters. The summed E-state index contributed by atoms with van der Waals surface area (Å²) in [6, 6.07) is 0. The van der Waals surface area contributed by atoms with Crippen molar-refractivity contribution in [3.8, 4) is 0 Å². The SMILES string of the molecule is CCC/C=C\C/C=C\CCCCCCCC(=O)OCC(COP(=O)(O)OCCN)OC(=O)CCCCCCCCCCCCCCCCCC/C=C\C/C=C\C/C=C\CCCCCCC. The lowest BCUT2D eigenvalue weighted by Gasteiger charge is -2.19. The van der Waals surface area contributed by atoms with E-state index >= 15 is 0 Å². The smallest absolute Gasteiger partial charge is 0.462 e. The van der Waals surface area contributed by atoms with Gasteiger partial charge in [-0.25, -0.2) is 4.57 Å². The summed E-state index contributed by atoms with van der Waals surface area (Å²) in [6.45, 7) is 3.66. The molecule has 378 valence electrons. The number of nitrogens with two attached hydrogens (primary N) is 1. The van der Waals surface area contributed by atoms with E-state index in [-0.39, 0.29) is 32.6 Å². The molecule has 0 rings (SSSR count). The summed E-state index contributed by atoms with van der Waals surface area (Å²) < 4.78 is 32.9. The highest BCUT2D eigenvalue weighted by molar-refractivity contribution is 7.47. The van der Waals surface area contributed by atoms with Crippen molar-refractivity contribution in [2.24, 2.45) is 5.73 Å². The third kappa shape index (κ3) is 51.0. The highest BCUT2D eigenvalue weighted by Gasteiger charge is 2.26. The Kier molecular flexibility index (Phi) is 49.3. The highest BCUT2D eigenvalue weighted by Crippen LogP contribution is 2.43. The van der Waals surface area contributed by atoms with Gasteiger partial charge in [-0.05, 0) is 77.0 Å². The van der Waals surface area contributed by atoms with Gasteiger partial charge in [0.2, 0.25) is 0 Å². The number of carbonyl (C=O) groups excluding carboxylic acids is 2. The topological polar surface area (TPSA) is 134 Å². The third-order valence-corrected chi connectivity index (χ3v) is 12.3. The molecular formula is C55H100NO8P. The molecule has 65 heavy (non-hydrogen) atoms. The molecule has 0 fully saturated rings. The second kappa shape index (κ2) is 51.1. The lowest BCUT2D eigenvalue weighted by atomic mass is 10.0. The molecule has 0 aromatic rings. The fourth-order valence-corrected chi connectivity index (χ4v) is 8.15. The number of phosphoric acid groups is 1. The molecule has 0 aromatic carbocycles. The van der Waals surface area contributed by atoms with Gasteiger partial charge in [0.05, 0.1) is 13.2 Å². The number of hydrogen-bond acceptors (Lipinski definition) is 8. The molecule has 0 heterocycles. The molecule has 3 N–H and O–H groups in total. The fourth-order valence-electron chi connectivity index (χ4n) is 7.39. The van der Waals surface area contributed by atoms with Gasteiger partial charge in [-0.1, -0.05) is 216 Å². The molecule has 0 aliphatic heterocycles. The van der Waals surface area contributed by atoms with E-state index in [4.69, 9.17) is 24.3 Å². The van der Waals surface area contributed by atoms with Crippen LogP contribution >= 0.6 is 7.82 Å². The van der Waals surface area contributed by atoms with Crippen LogP contribution in [0.2, 0.25) is 0 Å². The second-order valence-corrected chi connectivity index (χ2v) is 19.2. The Labute approximate surface area is 399 Å². The number of carbonyl (C=O) groups is 2. The molecule has 0 aliphatic carbocycles. The van der Waals surface area contributed by atoms with Gasteiger partial charge < -0.3 is 20.1 Å². The molecule has 0 saturated carbocycles. The Morgan fingerprint density at radius 2 is 0.831 bits per heavy atom. The zero-order chi connectivity index (χ0) is 47.4. The fraction of sp³-hybridized carbons (Fsp3) is 0.782. The predicted octanol–water partition coefficient (Wildman–Crippen LogP) is 16.4. The first kappa shape index (κ1) is 62.7. The summed E-state index contributed by atoms with van der Waals surface area (Å²) in [5, 5.41) is 0. The quantitative estimate of drug-likeness (QED) is 0.0265. The number of unbranched alkanes of at least 4 members (excludes halogenated alkanes) is 27. The number of esters is 2. The largest absolute Gasteiger partial charge is 0.472 e. The second-order valence-electron chi connectivity index (χ2n) is 17.7. The van der Waals surface area contributed by atoms with Crippen LogP contribution in [0.25, 0.3) is 0 Å². The van der Waals surface area contributed by atoms with Gasteiger partial charge in [-0.3, -0.25) is 18.6 Å². The minimum atomic E-state index is -4.39. The van der Waals surface area contributed by atoms with Gasteiger partial charge in [0, 0.05) is 19.4 Å².